The first-order chi connectivity index (χ1) is 12.1. The number of aryl methyl sites for hydroxylation is 1. The maximum Gasteiger partial charge on any atom is 0.224 e. The lowest BCUT2D eigenvalue weighted by Crippen LogP contribution is -2.37. The van der Waals surface area contributed by atoms with Gasteiger partial charge < -0.3 is 14.8 Å². The highest BCUT2D eigenvalue weighted by Crippen LogP contribution is 2.22. The monoisotopic (exact) mass is 342 g/mol. The Morgan fingerprint density at radius 3 is 2.72 bits per heavy atom. The van der Waals surface area contributed by atoms with Crippen molar-refractivity contribution >= 4 is 28.5 Å². The molecule has 3 rings (SSSR count). The van der Waals surface area contributed by atoms with Crippen LogP contribution in [0.3, 0.4) is 0 Å². The molecule has 1 aromatic carbocycles. The van der Waals surface area contributed by atoms with E-state index >= 15 is 0 Å². The van der Waals surface area contributed by atoms with Gasteiger partial charge >= 0.3 is 0 Å². The summed E-state index contributed by atoms with van der Waals surface area (Å²) >= 11 is 0. The Balaban J connectivity index is 1.56. The van der Waals surface area contributed by atoms with Crippen LogP contribution in [-0.4, -0.2) is 39.4 Å². The maximum absolute atomic E-state index is 12.3. The quantitative estimate of drug-likeness (QED) is 0.908. The molecule has 0 bridgehead atoms. The third-order valence-corrected chi connectivity index (χ3v) is 4.90. The van der Waals surface area contributed by atoms with Crippen molar-refractivity contribution in [1.29, 1.82) is 0 Å². The van der Waals surface area contributed by atoms with Crippen molar-refractivity contribution in [1.82, 2.24) is 14.5 Å². The number of nitrogens with one attached hydrogen (secondary N) is 1. The third kappa shape index (κ3) is 4.18. The minimum absolute atomic E-state index is 0.0358. The minimum atomic E-state index is 0.0358. The normalized spacial score (nSPS) is 15.5. The highest BCUT2D eigenvalue weighted by molar-refractivity contribution is 5.93. The second kappa shape index (κ2) is 7.68. The lowest BCUT2D eigenvalue weighted by molar-refractivity contribution is -0.130. The minimum Gasteiger partial charge on any atom is -0.343 e. The Kier molecular flexibility index (Phi) is 5.36. The lowest BCUT2D eigenvalue weighted by atomic mass is 9.93. The Bertz CT molecular complexity index is 760. The van der Waals surface area contributed by atoms with E-state index in [1.807, 2.05) is 29.4 Å². The number of imidazole rings is 1. The van der Waals surface area contributed by atoms with E-state index in [0.29, 0.717) is 12.3 Å². The van der Waals surface area contributed by atoms with E-state index in [9.17, 15) is 9.59 Å². The number of hydrogen-bond acceptors (Lipinski definition) is 3. The lowest BCUT2D eigenvalue weighted by Gasteiger charge is -2.30. The number of anilines is 1. The summed E-state index contributed by atoms with van der Waals surface area (Å²) in [7, 11) is 0. The third-order valence-electron chi connectivity index (χ3n) is 4.90. The van der Waals surface area contributed by atoms with Crippen LogP contribution in [0.1, 0.15) is 39.5 Å². The number of carbonyl (C=O) groups is 2. The molecule has 2 heterocycles. The van der Waals surface area contributed by atoms with Crippen molar-refractivity contribution in [3.8, 4) is 0 Å². The van der Waals surface area contributed by atoms with Crippen molar-refractivity contribution in [3.05, 3.63) is 24.5 Å². The molecule has 0 unspecified atom stereocenters. The predicted octanol–water partition coefficient (Wildman–Crippen LogP) is 3.03. The molecule has 6 heteroatoms. The van der Waals surface area contributed by atoms with Crippen LogP contribution in [0.5, 0.6) is 0 Å². The van der Waals surface area contributed by atoms with Crippen LogP contribution in [-0.2, 0) is 16.1 Å². The first kappa shape index (κ1) is 17.5. The topological polar surface area (TPSA) is 67.2 Å². The molecular formula is C19H26N4O2. The molecule has 2 amide bonds. The molecule has 1 saturated heterocycles. The number of fused-ring (bicyclic) bond motifs is 1. The van der Waals surface area contributed by atoms with Gasteiger partial charge in [0.05, 0.1) is 17.4 Å². The summed E-state index contributed by atoms with van der Waals surface area (Å²) in [6.45, 7) is 6.20. The summed E-state index contributed by atoms with van der Waals surface area (Å²) in [5, 5.41) is 2.99. The van der Waals surface area contributed by atoms with Gasteiger partial charge in [-0.1, -0.05) is 6.92 Å². The second-order valence-corrected chi connectivity index (χ2v) is 6.84. The van der Waals surface area contributed by atoms with Gasteiger partial charge in [0.15, 0.2) is 0 Å². The Morgan fingerprint density at radius 2 is 2.04 bits per heavy atom. The number of nitrogens with zero attached hydrogens (tertiary/aromatic N) is 3. The van der Waals surface area contributed by atoms with Crippen LogP contribution in [0.2, 0.25) is 0 Å². The molecule has 1 aromatic heterocycles. The smallest absolute Gasteiger partial charge is 0.224 e. The van der Waals surface area contributed by atoms with Crippen molar-refractivity contribution < 1.29 is 9.59 Å². The number of aromatic nitrogens is 2. The Labute approximate surface area is 148 Å². The van der Waals surface area contributed by atoms with Gasteiger partial charge in [0.1, 0.15) is 0 Å². The summed E-state index contributed by atoms with van der Waals surface area (Å²) in [5.41, 5.74) is 2.79. The Morgan fingerprint density at radius 1 is 1.28 bits per heavy atom. The molecule has 0 aliphatic carbocycles. The van der Waals surface area contributed by atoms with E-state index in [1.54, 1.807) is 6.92 Å². The maximum atomic E-state index is 12.3. The second-order valence-electron chi connectivity index (χ2n) is 6.84. The molecule has 1 N–H and O–H groups in total. The SMILES string of the molecule is CCCn1cnc2cc(NC(=O)CC3CCN(C(C)=O)CC3)ccc21. The number of rotatable bonds is 5. The summed E-state index contributed by atoms with van der Waals surface area (Å²) < 4.78 is 2.13. The number of hydrogen-bond donors (Lipinski definition) is 1. The molecular weight excluding hydrogens is 316 g/mol. The van der Waals surface area contributed by atoms with Crippen LogP contribution in [0.25, 0.3) is 11.0 Å². The summed E-state index contributed by atoms with van der Waals surface area (Å²) in [6.07, 6.45) is 5.21. The molecule has 134 valence electrons. The zero-order valence-electron chi connectivity index (χ0n) is 15.0. The average Bonchev–Trinajstić information content (AvgIpc) is 2.98. The average molecular weight is 342 g/mol. The molecule has 0 saturated carbocycles. The number of benzene rings is 1. The number of carbonyl (C=O) groups excluding carboxylic acids is 2. The molecule has 6 nitrogen and oxygen atoms in total. The van der Waals surface area contributed by atoms with Gasteiger partial charge in [0, 0.05) is 38.7 Å². The van der Waals surface area contributed by atoms with Crippen LogP contribution < -0.4 is 5.32 Å². The highest BCUT2D eigenvalue weighted by atomic mass is 16.2. The zero-order chi connectivity index (χ0) is 17.8. The summed E-state index contributed by atoms with van der Waals surface area (Å²) in [4.78, 5) is 30.0. The van der Waals surface area contributed by atoms with Gasteiger partial charge in [-0.2, -0.15) is 0 Å². The largest absolute Gasteiger partial charge is 0.343 e. The predicted molar refractivity (Wildman–Crippen MR) is 98.2 cm³/mol. The van der Waals surface area contributed by atoms with Crippen molar-refractivity contribution in [2.45, 2.75) is 46.1 Å². The van der Waals surface area contributed by atoms with E-state index in [2.05, 4.69) is 21.8 Å². The fourth-order valence-corrected chi connectivity index (χ4v) is 3.49. The van der Waals surface area contributed by atoms with Gasteiger partial charge in [0.25, 0.3) is 0 Å². The van der Waals surface area contributed by atoms with Gasteiger partial charge in [-0.3, -0.25) is 9.59 Å². The van der Waals surface area contributed by atoms with E-state index in [1.165, 1.54) is 0 Å². The van der Waals surface area contributed by atoms with E-state index in [4.69, 9.17) is 0 Å². The first-order valence-corrected chi connectivity index (χ1v) is 9.07. The first-order valence-electron chi connectivity index (χ1n) is 9.07. The highest BCUT2D eigenvalue weighted by Gasteiger charge is 2.22. The van der Waals surface area contributed by atoms with Gasteiger partial charge in [-0.25, -0.2) is 4.98 Å². The fourth-order valence-electron chi connectivity index (χ4n) is 3.49. The van der Waals surface area contributed by atoms with E-state index in [0.717, 1.165) is 55.6 Å². The standard InChI is InChI=1S/C19H26N4O2/c1-3-8-23-13-20-17-12-16(4-5-18(17)23)21-19(25)11-15-6-9-22(10-7-15)14(2)24/h4-5,12-13,15H,3,6-11H2,1-2H3,(H,21,25). The number of piperidine rings is 1. The molecule has 25 heavy (non-hydrogen) atoms. The van der Waals surface area contributed by atoms with Crippen molar-refractivity contribution in [2.75, 3.05) is 18.4 Å². The summed E-state index contributed by atoms with van der Waals surface area (Å²) in [6, 6.07) is 5.88. The van der Waals surface area contributed by atoms with Crippen LogP contribution in [0.15, 0.2) is 24.5 Å². The van der Waals surface area contributed by atoms with Crippen LogP contribution in [0.4, 0.5) is 5.69 Å². The van der Waals surface area contributed by atoms with Crippen molar-refractivity contribution in [3.63, 3.8) is 0 Å². The molecule has 0 atom stereocenters. The van der Waals surface area contributed by atoms with E-state index in [-0.39, 0.29) is 11.8 Å². The molecule has 1 aliphatic heterocycles. The van der Waals surface area contributed by atoms with Crippen LogP contribution in [0, 0.1) is 5.92 Å². The Hall–Kier alpha value is -2.37. The molecule has 0 spiro atoms. The molecule has 1 fully saturated rings. The van der Waals surface area contributed by atoms with Crippen LogP contribution >= 0.6 is 0 Å². The van der Waals surface area contributed by atoms with Gasteiger partial charge in [0.2, 0.25) is 11.8 Å². The van der Waals surface area contributed by atoms with Gasteiger partial charge in [-0.15, -0.1) is 0 Å². The molecule has 2 aromatic rings. The summed E-state index contributed by atoms with van der Waals surface area (Å²) in [5.74, 6) is 0.510. The fraction of sp³-hybridized carbons (Fsp3) is 0.526. The van der Waals surface area contributed by atoms with E-state index < -0.39 is 0 Å². The zero-order valence-corrected chi connectivity index (χ0v) is 15.0. The van der Waals surface area contributed by atoms with Gasteiger partial charge in [-0.05, 0) is 43.4 Å². The number of amides is 2. The number of likely N-dealkylation sites (tertiary alicyclic amines) is 1. The molecule has 1 aliphatic rings. The van der Waals surface area contributed by atoms with Crippen molar-refractivity contribution in [2.24, 2.45) is 5.92 Å². The molecule has 0 radical (unpaired) electrons.